The molecule has 0 aromatic carbocycles. The molecule has 1 heterocycles. The highest BCUT2D eigenvalue weighted by molar-refractivity contribution is 4.94. The van der Waals surface area contributed by atoms with E-state index in [2.05, 4.69) is 24.1 Å². The SMILES string of the molecule is CCCNC1CCN(C2(C)CCCCC2)C1. The Bertz CT molecular complexity index is 209. The van der Waals surface area contributed by atoms with Crippen LogP contribution in [-0.4, -0.2) is 36.1 Å². The lowest BCUT2D eigenvalue weighted by atomic mass is 9.82. The normalized spacial score (nSPS) is 30.8. The van der Waals surface area contributed by atoms with Crippen molar-refractivity contribution in [3.8, 4) is 0 Å². The molecule has 2 rings (SSSR count). The van der Waals surface area contributed by atoms with Gasteiger partial charge in [-0.1, -0.05) is 26.2 Å². The average Bonchev–Trinajstić information content (AvgIpc) is 2.77. The van der Waals surface area contributed by atoms with Crippen LogP contribution in [-0.2, 0) is 0 Å². The average molecular weight is 224 g/mol. The maximum atomic E-state index is 3.68. The maximum Gasteiger partial charge on any atom is 0.0207 e. The minimum atomic E-state index is 0.529. The highest BCUT2D eigenvalue weighted by atomic mass is 15.2. The summed E-state index contributed by atoms with van der Waals surface area (Å²) < 4.78 is 0. The topological polar surface area (TPSA) is 15.3 Å². The van der Waals surface area contributed by atoms with Crippen molar-refractivity contribution >= 4 is 0 Å². The van der Waals surface area contributed by atoms with E-state index in [0.717, 1.165) is 6.04 Å². The van der Waals surface area contributed by atoms with Crippen molar-refractivity contribution < 1.29 is 0 Å². The molecule has 2 aliphatic rings. The van der Waals surface area contributed by atoms with E-state index in [0.29, 0.717) is 5.54 Å². The van der Waals surface area contributed by atoms with Crippen molar-refractivity contribution in [1.29, 1.82) is 0 Å². The number of nitrogens with one attached hydrogen (secondary N) is 1. The van der Waals surface area contributed by atoms with Crippen molar-refractivity contribution in [2.75, 3.05) is 19.6 Å². The molecule has 0 aromatic heterocycles. The summed E-state index contributed by atoms with van der Waals surface area (Å²) in [6, 6.07) is 0.763. The van der Waals surface area contributed by atoms with Gasteiger partial charge < -0.3 is 5.32 Å². The Labute approximate surface area is 101 Å². The van der Waals surface area contributed by atoms with E-state index < -0.39 is 0 Å². The van der Waals surface area contributed by atoms with Gasteiger partial charge in [0.25, 0.3) is 0 Å². The zero-order valence-electron chi connectivity index (χ0n) is 11.1. The third-order valence-electron chi connectivity index (χ3n) is 4.57. The van der Waals surface area contributed by atoms with Crippen LogP contribution < -0.4 is 5.32 Å². The van der Waals surface area contributed by atoms with Gasteiger partial charge in [-0.3, -0.25) is 4.90 Å². The Morgan fingerprint density at radius 2 is 2.00 bits per heavy atom. The van der Waals surface area contributed by atoms with Crippen LogP contribution in [0.15, 0.2) is 0 Å². The molecule has 2 nitrogen and oxygen atoms in total. The van der Waals surface area contributed by atoms with Crippen molar-refractivity contribution in [2.45, 2.75) is 70.4 Å². The number of nitrogens with zero attached hydrogens (tertiary/aromatic N) is 1. The van der Waals surface area contributed by atoms with Gasteiger partial charge in [-0.05, 0) is 39.2 Å². The van der Waals surface area contributed by atoms with Gasteiger partial charge in [0.05, 0.1) is 0 Å². The van der Waals surface area contributed by atoms with Crippen LogP contribution in [0.2, 0.25) is 0 Å². The Hall–Kier alpha value is -0.0800. The number of likely N-dealkylation sites (tertiary alicyclic amines) is 1. The van der Waals surface area contributed by atoms with Crippen LogP contribution in [0.25, 0.3) is 0 Å². The summed E-state index contributed by atoms with van der Waals surface area (Å²) in [4.78, 5) is 2.76. The second-order valence-electron chi connectivity index (χ2n) is 5.94. The first-order valence-corrected chi connectivity index (χ1v) is 7.23. The van der Waals surface area contributed by atoms with Crippen LogP contribution in [0.4, 0.5) is 0 Å². The molecular weight excluding hydrogens is 196 g/mol. The summed E-state index contributed by atoms with van der Waals surface area (Å²) in [6.45, 7) is 8.54. The van der Waals surface area contributed by atoms with E-state index >= 15 is 0 Å². The standard InChI is InChI=1S/C14H28N2/c1-3-10-15-13-7-11-16(12-13)14(2)8-5-4-6-9-14/h13,15H,3-12H2,1-2H3. The van der Waals surface area contributed by atoms with E-state index in [-0.39, 0.29) is 0 Å². The monoisotopic (exact) mass is 224 g/mol. The molecule has 0 aromatic rings. The minimum absolute atomic E-state index is 0.529. The Kier molecular flexibility index (Phi) is 4.26. The molecule has 0 bridgehead atoms. The fourth-order valence-electron chi connectivity index (χ4n) is 3.40. The van der Waals surface area contributed by atoms with E-state index in [4.69, 9.17) is 0 Å². The number of hydrogen-bond donors (Lipinski definition) is 1. The lowest BCUT2D eigenvalue weighted by Gasteiger charge is -2.42. The number of rotatable bonds is 4. The zero-order valence-corrected chi connectivity index (χ0v) is 11.1. The molecule has 16 heavy (non-hydrogen) atoms. The predicted molar refractivity (Wildman–Crippen MR) is 69.8 cm³/mol. The summed E-state index contributed by atoms with van der Waals surface area (Å²) in [5.74, 6) is 0. The van der Waals surface area contributed by atoms with Crippen LogP contribution in [0.1, 0.15) is 58.8 Å². The van der Waals surface area contributed by atoms with Gasteiger partial charge in [-0.25, -0.2) is 0 Å². The maximum absolute atomic E-state index is 3.68. The summed E-state index contributed by atoms with van der Waals surface area (Å²) in [5.41, 5.74) is 0.529. The first kappa shape index (κ1) is 12.4. The first-order valence-electron chi connectivity index (χ1n) is 7.23. The van der Waals surface area contributed by atoms with Gasteiger partial charge in [0.15, 0.2) is 0 Å². The molecule has 1 unspecified atom stereocenters. The first-order chi connectivity index (χ1) is 7.74. The minimum Gasteiger partial charge on any atom is -0.313 e. The van der Waals surface area contributed by atoms with Crippen molar-refractivity contribution in [2.24, 2.45) is 0 Å². The quantitative estimate of drug-likeness (QED) is 0.790. The van der Waals surface area contributed by atoms with Gasteiger partial charge in [-0.2, -0.15) is 0 Å². The molecule has 1 N–H and O–H groups in total. The van der Waals surface area contributed by atoms with E-state index in [1.807, 2.05) is 0 Å². The number of hydrogen-bond acceptors (Lipinski definition) is 2. The van der Waals surface area contributed by atoms with Gasteiger partial charge in [0, 0.05) is 24.7 Å². The fraction of sp³-hybridized carbons (Fsp3) is 1.00. The third-order valence-corrected chi connectivity index (χ3v) is 4.57. The molecular formula is C14H28N2. The lowest BCUT2D eigenvalue weighted by Crippen LogP contribution is -2.47. The summed E-state index contributed by atoms with van der Waals surface area (Å²) in [6.07, 6.45) is 9.81. The second kappa shape index (κ2) is 5.50. The van der Waals surface area contributed by atoms with Crippen LogP contribution in [0.5, 0.6) is 0 Å². The molecule has 1 aliphatic heterocycles. The van der Waals surface area contributed by atoms with E-state index in [1.54, 1.807) is 0 Å². The summed E-state index contributed by atoms with van der Waals surface area (Å²) in [7, 11) is 0. The molecule has 2 fully saturated rings. The summed E-state index contributed by atoms with van der Waals surface area (Å²) in [5, 5.41) is 3.68. The van der Waals surface area contributed by atoms with Crippen molar-refractivity contribution in [1.82, 2.24) is 10.2 Å². The van der Waals surface area contributed by atoms with Crippen LogP contribution in [0.3, 0.4) is 0 Å². The van der Waals surface area contributed by atoms with Gasteiger partial charge >= 0.3 is 0 Å². The van der Waals surface area contributed by atoms with E-state index in [1.165, 1.54) is 64.6 Å². The Morgan fingerprint density at radius 3 is 2.69 bits per heavy atom. The second-order valence-corrected chi connectivity index (χ2v) is 5.94. The van der Waals surface area contributed by atoms with E-state index in [9.17, 15) is 0 Å². The highest BCUT2D eigenvalue weighted by Gasteiger charge is 2.37. The lowest BCUT2D eigenvalue weighted by molar-refractivity contribution is 0.0887. The largest absolute Gasteiger partial charge is 0.313 e. The Morgan fingerprint density at radius 1 is 1.25 bits per heavy atom. The molecule has 0 amide bonds. The molecule has 2 heteroatoms. The van der Waals surface area contributed by atoms with Gasteiger partial charge in [0.2, 0.25) is 0 Å². The van der Waals surface area contributed by atoms with Crippen LogP contribution >= 0.6 is 0 Å². The third kappa shape index (κ3) is 2.78. The van der Waals surface area contributed by atoms with Crippen LogP contribution in [0, 0.1) is 0 Å². The molecule has 1 atom stereocenters. The molecule has 1 saturated carbocycles. The fourth-order valence-corrected chi connectivity index (χ4v) is 3.40. The molecule has 0 spiro atoms. The predicted octanol–water partition coefficient (Wildman–Crippen LogP) is 2.78. The smallest absolute Gasteiger partial charge is 0.0207 e. The molecule has 1 aliphatic carbocycles. The highest BCUT2D eigenvalue weighted by Crippen LogP contribution is 2.35. The van der Waals surface area contributed by atoms with Crippen molar-refractivity contribution in [3.63, 3.8) is 0 Å². The molecule has 1 saturated heterocycles. The van der Waals surface area contributed by atoms with Crippen molar-refractivity contribution in [3.05, 3.63) is 0 Å². The molecule has 0 radical (unpaired) electrons. The van der Waals surface area contributed by atoms with Gasteiger partial charge in [0.1, 0.15) is 0 Å². The summed E-state index contributed by atoms with van der Waals surface area (Å²) >= 11 is 0. The zero-order chi connectivity index (χ0) is 11.4. The molecule has 94 valence electrons. The van der Waals surface area contributed by atoms with Gasteiger partial charge in [-0.15, -0.1) is 0 Å². The Balaban J connectivity index is 1.82.